The summed E-state index contributed by atoms with van der Waals surface area (Å²) in [7, 11) is 1.49. The number of ether oxygens (including phenoxy) is 1. The zero-order valence-corrected chi connectivity index (χ0v) is 11.0. The molecule has 18 heavy (non-hydrogen) atoms. The van der Waals surface area contributed by atoms with Gasteiger partial charge in [-0.2, -0.15) is 0 Å². The minimum absolute atomic E-state index is 0.0171. The number of halogens is 2. The average molecular weight is 289 g/mol. The standard InChI is InChI=1S/C11H10Cl2N2O3/c1-15-8(5-18-11(15)17)10(16)14-9-6(12)3-2-4-7(9)13/h2-4,8H,5H2,1H3,(H,14,16). The fourth-order valence-electron chi connectivity index (χ4n) is 1.57. The van der Waals surface area contributed by atoms with Crippen molar-refractivity contribution in [2.75, 3.05) is 19.0 Å². The summed E-state index contributed by atoms with van der Waals surface area (Å²) >= 11 is 11.9. The first kappa shape index (κ1) is 13.0. The Hall–Kier alpha value is -1.46. The maximum Gasteiger partial charge on any atom is 0.410 e. The normalized spacial score (nSPS) is 18.7. The van der Waals surface area contributed by atoms with Crippen LogP contribution in [-0.2, 0) is 9.53 Å². The lowest BCUT2D eigenvalue weighted by Crippen LogP contribution is -2.40. The van der Waals surface area contributed by atoms with Gasteiger partial charge in [0.15, 0.2) is 0 Å². The van der Waals surface area contributed by atoms with Crippen LogP contribution in [0.1, 0.15) is 0 Å². The third-order valence-electron chi connectivity index (χ3n) is 2.63. The minimum Gasteiger partial charge on any atom is -0.447 e. The van der Waals surface area contributed by atoms with Crippen LogP contribution in [0.15, 0.2) is 18.2 Å². The Kier molecular flexibility index (Phi) is 3.63. The average Bonchev–Trinajstić information content (AvgIpc) is 2.65. The molecule has 1 heterocycles. The van der Waals surface area contributed by atoms with E-state index >= 15 is 0 Å². The summed E-state index contributed by atoms with van der Waals surface area (Å²) < 4.78 is 4.76. The van der Waals surface area contributed by atoms with Crippen molar-refractivity contribution in [2.45, 2.75) is 6.04 Å². The first-order valence-electron chi connectivity index (χ1n) is 5.15. The Morgan fingerprint density at radius 3 is 2.56 bits per heavy atom. The Bertz CT molecular complexity index is 487. The van der Waals surface area contributed by atoms with Gasteiger partial charge in [0.05, 0.1) is 15.7 Å². The molecular formula is C11H10Cl2N2O3. The monoisotopic (exact) mass is 288 g/mol. The molecule has 2 rings (SSSR count). The fraction of sp³-hybridized carbons (Fsp3) is 0.273. The lowest BCUT2D eigenvalue weighted by Gasteiger charge is -2.16. The molecule has 1 N–H and O–H groups in total. The van der Waals surface area contributed by atoms with Crippen molar-refractivity contribution in [1.29, 1.82) is 0 Å². The molecule has 1 aliphatic heterocycles. The van der Waals surface area contributed by atoms with Crippen LogP contribution in [0.25, 0.3) is 0 Å². The predicted octanol–water partition coefficient (Wildman–Crippen LogP) is 2.38. The molecule has 1 saturated heterocycles. The van der Waals surface area contributed by atoms with E-state index in [1.54, 1.807) is 18.2 Å². The minimum atomic E-state index is -0.676. The van der Waals surface area contributed by atoms with E-state index in [1.807, 2.05) is 0 Å². The molecule has 5 nitrogen and oxygen atoms in total. The van der Waals surface area contributed by atoms with Gasteiger partial charge in [-0.1, -0.05) is 29.3 Å². The summed E-state index contributed by atoms with van der Waals surface area (Å²) in [5, 5.41) is 3.27. The van der Waals surface area contributed by atoms with Gasteiger partial charge in [-0.3, -0.25) is 9.69 Å². The van der Waals surface area contributed by atoms with Crippen LogP contribution < -0.4 is 5.32 Å². The second kappa shape index (κ2) is 5.04. The molecule has 1 aromatic carbocycles. The molecule has 7 heteroatoms. The molecule has 1 atom stereocenters. The summed E-state index contributed by atoms with van der Waals surface area (Å²) in [5.74, 6) is -0.390. The van der Waals surface area contributed by atoms with Crippen LogP contribution in [0, 0.1) is 0 Å². The van der Waals surface area contributed by atoms with Crippen molar-refractivity contribution < 1.29 is 14.3 Å². The van der Waals surface area contributed by atoms with Crippen molar-refractivity contribution in [3.05, 3.63) is 28.2 Å². The van der Waals surface area contributed by atoms with Gasteiger partial charge >= 0.3 is 6.09 Å². The lowest BCUT2D eigenvalue weighted by molar-refractivity contribution is -0.119. The number of para-hydroxylation sites is 1. The van der Waals surface area contributed by atoms with E-state index in [2.05, 4.69) is 5.32 Å². The van der Waals surface area contributed by atoms with Crippen LogP contribution in [0.3, 0.4) is 0 Å². The summed E-state index contributed by atoms with van der Waals surface area (Å²) in [5.41, 5.74) is 0.332. The van der Waals surface area contributed by atoms with E-state index < -0.39 is 18.0 Å². The van der Waals surface area contributed by atoms with Gasteiger partial charge in [0.25, 0.3) is 5.91 Å². The van der Waals surface area contributed by atoms with Crippen molar-refractivity contribution in [2.24, 2.45) is 0 Å². The summed E-state index contributed by atoms with van der Waals surface area (Å²) in [6, 6.07) is 4.23. The number of likely N-dealkylation sites (N-methyl/N-ethyl adjacent to an activating group) is 1. The van der Waals surface area contributed by atoms with Gasteiger partial charge in [-0.05, 0) is 12.1 Å². The smallest absolute Gasteiger partial charge is 0.410 e. The molecule has 1 aliphatic rings. The van der Waals surface area contributed by atoms with Crippen molar-refractivity contribution in [3.63, 3.8) is 0 Å². The van der Waals surface area contributed by atoms with Crippen molar-refractivity contribution in [1.82, 2.24) is 4.90 Å². The molecule has 96 valence electrons. The molecular weight excluding hydrogens is 279 g/mol. The highest BCUT2D eigenvalue weighted by Gasteiger charge is 2.35. The molecule has 0 bridgehead atoms. The quantitative estimate of drug-likeness (QED) is 0.909. The maximum absolute atomic E-state index is 12.0. The van der Waals surface area contributed by atoms with Gasteiger partial charge in [0, 0.05) is 7.05 Å². The molecule has 1 unspecified atom stereocenters. The number of rotatable bonds is 2. The number of carbonyl (C=O) groups excluding carboxylic acids is 2. The Balaban J connectivity index is 2.15. The van der Waals surface area contributed by atoms with Crippen LogP contribution in [0.4, 0.5) is 10.5 Å². The second-order valence-electron chi connectivity index (χ2n) is 3.79. The lowest BCUT2D eigenvalue weighted by atomic mass is 10.2. The van der Waals surface area contributed by atoms with Crippen LogP contribution >= 0.6 is 23.2 Å². The highest BCUT2D eigenvalue weighted by atomic mass is 35.5. The second-order valence-corrected chi connectivity index (χ2v) is 4.60. The van der Waals surface area contributed by atoms with E-state index in [9.17, 15) is 9.59 Å². The molecule has 1 aromatic rings. The number of hydrogen-bond acceptors (Lipinski definition) is 3. The molecule has 0 saturated carbocycles. The number of carbonyl (C=O) groups is 2. The number of anilines is 1. The summed E-state index contributed by atoms with van der Waals surface area (Å²) in [6.45, 7) is 0.0171. The first-order valence-corrected chi connectivity index (χ1v) is 5.90. The number of nitrogens with zero attached hydrogens (tertiary/aromatic N) is 1. The molecule has 1 fully saturated rings. The highest BCUT2D eigenvalue weighted by molar-refractivity contribution is 6.39. The van der Waals surface area contributed by atoms with Crippen molar-refractivity contribution >= 4 is 40.9 Å². The highest BCUT2D eigenvalue weighted by Crippen LogP contribution is 2.30. The Morgan fingerprint density at radius 1 is 1.44 bits per heavy atom. The SMILES string of the molecule is CN1C(=O)OCC1C(=O)Nc1c(Cl)cccc1Cl. The predicted molar refractivity (Wildman–Crippen MR) is 68.0 cm³/mol. The van der Waals surface area contributed by atoms with Gasteiger partial charge in [-0.15, -0.1) is 0 Å². The number of nitrogens with one attached hydrogen (secondary N) is 1. The van der Waals surface area contributed by atoms with Gasteiger partial charge in [0.1, 0.15) is 12.6 Å². The van der Waals surface area contributed by atoms with Crippen LogP contribution in [0.2, 0.25) is 10.0 Å². The maximum atomic E-state index is 12.0. The summed E-state index contributed by atoms with van der Waals surface area (Å²) in [4.78, 5) is 24.3. The molecule has 2 amide bonds. The van der Waals surface area contributed by atoms with Crippen molar-refractivity contribution in [3.8, 4) is 0 Å². The summed E-state index contributed by atoms with van der Waals surface area (Å²) in [6.07, 6.45) is -0.527. The molecule has 0 aliphatic carbocycles. The third kappa shape index (κ3) is 2.37. The van der Waals surface area contributed by atoms with Crippen LogP contribution in [0.5, 0.6) is 0 Å². The van der Waals surface area contributed by atoms with E-state index in [0.29, 0.717) is 15.7 Å². The largest absolute Gasteiger partial charge is 0.447 e. The third-order valence-corrected chi connectivity index (χ3v) is 3.26. The van der Waals surface area contributed by atoms with Gasteiger partial charge in [-0.25, -0.2) is 4.79 Å². The van der Waals surface area contributed by atoms with Crippen LogP contribution in [-0.4, -0.2) is 36.6 Å². The fourth-order valence-corrected chi connectivity index (χ4v) is 2.06. The number of cyclic esters (lactones) is 1. The first-order chi connectivity index (χ1) is 8.50. The van der Waals surface area contributed by atoms with E-state index in [0.717, 1.165) is 0 Å². The molecule has 0 radical (unpaired) electrons. The zero-order valence-electron chi connectivity index (χ0n) is 9.44. The number of amides is 2. The van der Waals surface area contributed by atoms with Gasteiger partial charge < -0.3 is 10.1 Å². The molecule has 0 spiro atoms. The van der Waals surface area contributed by atoms with E-state index in [4.69, 9.17) is 27.9 Å². The number of benzene rings is 1. The zero-order chi connectivity index (χ0) is 13.3. The van der Waals surface area contributed by atoms with E-state index in [-0.39, 0.29) is 6.61 Å². The molecule has 0 aromatic heterocycles. The number of hydrogen-bond donors (Lipinski definition) is 1. The topological polar surface area (TPSA) is 58.6 Å². The van der Waals surface area contributed by atoms with Gasteiger partial charge in [0.2, 0.25) is 0 Å². The van der Waals surface area contributed by atoms with E-state index in [1.165, 1.54) is 11.9 Å². The Labute approximate surface area is 114 Å². The Morgan fingerprint density at radius 2 is 2.06 bits per heavy atom.